The summed E-state index contributed by atoms with van der Waals surface area (Å²) in [4.78, 5) is 11.5. The van der Waals surface area contributed by atoms with Crippen LogP contribution in [0.2, 0.25) is 0 Å². The molecule has 14 heavy (non-hydrogen) atoms. The zero-order chi connectivity index (χ0) is 9.80. The van der Waals surface area contributed by atoms with Crippen LogP contribution in [0.15, 0.2) is 12.3 Å². The molecule has 2 heterocycles. The lowest BCUT2D eigenvalue weighted by molar-refractivity contribution is -0.121. The van der Waals surface area contributed by atoms with Crippen molar-refractivity contribution < 1.29 is 4.79 Å². The highest BCUT2D eigenvalue weighted by Gasteiger charge is 2.16. The number of carbonyl (C=O) groups is 1. The fourth-order valence-corrected chi connectivity index (χ4v) is 1.61. The van der Waals surface area contributed by atoms with Gasteiger partial charge in [0.25, 0.3) is 0 Å². The molecule has 5 nitrogen and oxygen atoms in total. The Morgan fingerprint density at radius 2 is 2.64 bits per heavy atom. The van der Waals surface area contributed by atoms with Crippen molar-refractivity contribution in [2.75, 3.05) is 13.1 Å². The first-order valence-corrected chi connectivity index (χ1v) is 4.83. The third kappa shape index (κ3) is 2.32. The van der Waals surface area contributed by atoms with Crippen molar-refractivity contribution in [3.8, 4) is 0 Å². The van der Waals surface area contributed by atoms with Gasteiger partial charge >= 0.3 is 0 Å². The standard InChI is InChI=1S/C9H14N4O/c14-9(5-7-2-4-11-13-7)12-8-1-3-10-6-8/h2,4,8,10H,1,3,5-6H2,(H,11,13)(H,12,14). The minimum absolute atomic E-state index is 0.0583. The first-order chi connectivity index (χ1) is 6.84. The van der Waals surface area contributed by atoms with Gasteiger partial charge in [-0.2, -0.15) is 5.10 Å². The van der Waals surface area contributed by atoms with Crippen LogP contribution in [0, 0.1) is 0 Å². The number of hydrogen-bond acceptors (Lipinski definition) is 3. The number of nitrogens with one attached hydrogen (secondary N) is 3. The number of aromatic amines is 1. The number of carbonyl (C=O) groups excluding carboxylic acids is 1. The van der Waals surface area contributed by atoms with E-state index in [2.05, 4.69) is 20.8 Å². The van der Waals surface area contributed by atoms with Crippen molar-refractivity contribution in [3.05, 3.63) is 18.0 Å². The zero-order valence-corrected chi connectivity index (χ0v) is 7.92. The second-order valence-corrected chi connectivity index (χ2v) is 3.52. The normalized spacial score (nSPS) is 21.0. The summed E-state index contributed by atoms with van der Waals surface area (Å²) in [5, 5.41) is 12.7. The summed E-state index contributed by atoms with van der Waals surface area (Å²) >= 11 is 0. The Hall–Kier alpha value is -1.36. The molecular weight excluding hydrogens is 180 g/mol. The summed E-state index contributed by atoms with van der Waals surface area (Å²) in [5.74, 6) is 0.0583. The maximum atomic E-state index is 11.5. The first kappa shape index (κ1) is 9.21. The van der Waals surface area contributed by atoms with Gasteiger partial charge < -0.3 is 10.6 Å². The molecule has 0 spiro atoms. The van der Waals surface area contributed by atoms with E-state index in [1.165, 1.54) is 0 Å². The van der Waals surface area contributed by atoms with E-state index < -0.39 is 0 Å². The first-order valence-electron chi connectivity index (χ1n) is 4.83. The Bertz CT molecular complexity index is 290. The number of hydrogen-bond donors (Lipinski definition) is 3. The molecule has 2 rings (SSSR count). The minimum Gasteiger partial charge on any atom is -0.352 e. The third-order valence-corrected chi connectivity index (χ3v) is 2.33. The number of nitrogens with zero attached hydrogens (tertiary/aromatic N) is 1. The molecule has 1 aliphatic heterocycles. The SMILES string of the molecule is O=C(Cc1ccn[nH]1)NC1CCNC1. The van der Waals surface area contributed by atoms with Crippen LogP contribution in [0.3, 0.4) is 0 Å². The molecule has 0 aliphatic carbocycles. The molecule has 1 aliphatic rings. The molecule has 0 aromatic carbocycles. The molecule has 1 fully saturated rings. The van der Waals surface area contributed by atoms with Crippen molar-refractivity contribution in [3.63, 3.8) is 0 Å². The van der Waals surface area contributed by atoms with E-state index in [-0.39, 0.29) is 5.91 Å². The maximum Gasteiger partial charge on any atom is 0.226 e. The van der Waals surface area contributed by atoms with Crippen molar-refractivity contribution in [2.45, 2.75) is 18.9 Å². The molecule has 3 N–H and O–H groups in total. The molecule has 5 heteroatoms. The lowest BCUT2D eigenvalue weighted by Gasteiger charge is -2.10. The van der Waals surface area contributed by atoms with Gasteiger partial charge in [-0.3, -0.25) is 9.89 Å². The van der Waals surface area contributed by atoms with Gasteiger partial charge in [-0.25, -0.2) is 0 Å². The highest BCUT2D eigenvalue weighted by Crippen LogP contribution is 1.98. The number of H-pyrrole nitrogens is 1. The second kappa shape index (κ2) is 4.23. The fourth-order valence-electron chi connectivity index (χ4n) is 1.61. The summed E-state index contributed by atoms with van der Waals surface area (Å²) in [6, 6.07) is 2.11. The van der Waals surface area contributed by atoms with Crippen LogP contribution in [0.5, 0.6) is 0 Å². The van der Waals surface area contributed by atoms with Gasteiger partial charge in [0, 0.05) is 24.5 Å². The molecular formula is C9H14N4O. The molecule has 0 radical (unpaired) electrons. The van der Waals surface area contributed by atoms with Gasteiger partial charge in [0.2, 0.25) is 5.91 Å². The van der Waals surface area contributed by atoms with E-state index in [1.54, 1.807) is 6.20 Å². The Kier molecular flexibility index (Phi) is 2.78. The van der Waals surface area contributed by atoms with Gasteiger partial charge in [0.05, 0.1) is 6.42 Å². The monoisotopic (exact) mass is 194 g/mol. The van der Waals surface area contributed by atoms with Crippen LogP contribution >= 0.6 is 0 Å². The summed E-state index contributed by atoms with van der Waals surface area (Å²) in [6.07, 6.45) is 3.06. The molecule has 1 amide bonds. The van der Waals surface area contributed by atoms with E-state index in [4.69, 9.17) is 0 Å². The fraction of sp³-hybridized carbons (Fsp3) is 0.556. The number of rotatable bonds is 3. The predicted molar refractivity (Wildman–Crippen MR) is 51.7 cm³/mol. The van der Waals surface area contributed by atoms with Crippen LogP contribution in [0.1, 0.15) is 12.1 Å². The lowest BCUT2D eigenvalue weighted by atomic mass is 10.2. The molecule has 76 valence electrons. The van der Waals surface area contributed by atoms with Crippen molar-refractivity contribution in [2.24, 2.45) is 0 Å². The quantitative estimate of drug-likeness (QED) is 0.603. The summed E-state index contributed by atoms with van der Waals surface area (Å²) in [5.41, 5.74) is 0.855. The average Bonchev–Trinajstić information content (AvgIpc) is 2.76. The van der Waals surface area contributed by atoms with Gasteiger partial charge in [0.15, 0.2) is 0 Å². The number of aromatic nitrogens is 2. The highest BCUT2D eigenvalue weighted by atomic mass is 16.1. The van der Waals surface area contributed by atoms with Crippen molar-refractivity contribution >= 4 is 5.91 Å². The lowest BCUT2D eigenvalue weighted by Crippen LogP contribution is -2.37. The second-order valence-electron chi connectivity index (χ2n) is 3.52. The van der Waals surface area contributed by atoms with Gasteiger partial charge in [-0.1, -0.05) is 0 Å². The molecule has 0 bridgehead atoms. The van der Waals surface area contributed by atoms with Crippen molar-refractivity contribution in [1.29, 1.82) is 0 Å². The topological polar surface area (TPSA) is 69.8 Å². The van der Waals surface area contributed by atoms with Gasteiger partial charge in [-0.05, 0) is 19.0 Å². The average molecular weight is 194 g/mol. The number of amides is 1. The Morgan fingerprint density at radius 3 is 3.29 bits per heavy atom. The van der Waals surface area contributed by atoms with Crippen LogP contribution in [-0.2, 0) is 11.2 Å². The van der Waals surface area contributed by atoms with Crippen LogP contribution in [0.4, 0.5) is 0 Å². The maximum absolute atomic E-state index is 11.5. The summed E-state index contributed by atoms with van der Waals surface area (Å²) in [6.45, 7) is 1.88. The van der Waals surface area contributed by atoms with Gasteiger partial charge in [0.1, 0.15) is 0 Å². The van der Waals surface area contributed by atoms with E-state index in [1.807, 2.05) is 6.07 Å². The summed E-state index contributed by atoms with van der Waals surface area (Å²) in [7, 11) is 0. The van der Waals surface area contributed by atoms with E-state index in [9.17, 15) is 4.79 Å². The smallest absolute Gasteiger partial charge is 0.226 e. The van der Waals surface area contributed by atoms with Crippen LogP contribution < -0.4 is 10.6 Å². The zero-order valence-electron chi connectivity index (χ0n) is 7.92. The highest BCUT2D eigenvalue weighted by molar-refractivity contribution is 5.78. The van der Waals surface area contributed by atoms with Crippen LogP contribution in [-0.4, -0.2) is 35.2 Å². The molecule has 0 saturated carbocycles. The third-order valence-electron chi connectivity index (χ3n) is 2.33. The van der Waals surface area contributed by atoms with E-state index in [0.29, 0.717) is 12.5 Å². The largest absolute Gasteiger partial charge is 0.352 e. The Labute approximate surface area is 82.3 Å². The van der Waals surface area contributed by atoms with Crippen LogP contribution in [0.25, 0.3) is 0 Å². The Balaban J connectivity index is 1.78. The van der Waals surface area contributed by atoms with Gasteiger partial charge in [-0.15, -0.1) is 0 Å². The van der Waals surface area contributed by atoms with E-state index >= 15 is 0 Å². The van der Waals surface area contributed by atoms with E-state index in [0.717, 1.165) is 25.2 Å². The molecule has 1 atom stereocenters. The minimum atomic E-state index is 0.0583. The Morgan fingerprint density at radius 1 is 1.71 bits per heavy atom. The molecule has 1 aromatic rings. The van der Waals surface area contributed by atoms with Crippen molar-refractivity contribution in [1.82, 2.24) is 20.8 Å². The molecule has 1 aromatic heterocycles. The molecule has 1 unspecified atom stereocenters. The summed E-state index contributed by atoms with van der Waals surface area (Å²) < 4.78 is 0. The predicted octanol–water partition coefficient (Wildman–Crippen LogP) is -0.570. The molecule has 1 saturated heterocycles.